The average Bonchev–Trinajstić information content (AvgIpc) is 3.17. The molecule has 10 nitrogen and oxygen atoms in total. The number of aromatic nitrogens is 2. The Balaban J connectivity index is 2.12. The number of hydrogen-bond acceptors (Lipinski definition) is 7. The minimum Gasteiger partial charge on any atom is -0.445 e. The molecule has 0 bridgehead atoms. The number of rotatable bonds is 13. The smallest absolute Gasteiger partial charge is 0.437 e. The maximum Gasteiger partial charge on any atom is 0.437 e. The fourth-order valence-corrected chi connectivity index (χ4v) is 3.49. The Morgan fingerprint density at radius 1 is 1.00 bits per heavy atom. The summed E-state index contributed by atoms with van der Waals surface area (Å²) in [6.45, 7) is 9.91. The van der Waals surface area contributed by atoms with Crippen LogP contribution in [0, 0.1) is 11.8 Å². The van der Waals surface area contributed by atoms with Gasteiger partial charge in [0.15, 0.2) is 0 Å². The zero-order chi connectivity index (χ0) is 26.0. The third-order valence-electron chi connectivity index (χ3n) is 5.12. The van der Waals surface area contributed by atoms with Gasteiger partial charge in [0, 0.05) is 6.54 Å². The normalized spacial score (nSPS) is 12.9. The molecule has 0 saturated heterocycles. The fourth-order valence-electron chi connectivity index (χ4n) is 3.49. The molecule has 2 rings (SSSR count). The molecule has 2 atom stereocenters. The summed E-state index contributed by atoms with van der Waals surface area (Å²) in [5.74, 6) is -2.03. The number of carbonyl (C=O) groups is 3. The molecule has 1 heterocycles. The summed E-state index contributed by atoms with van der Waals surface area (Å²) in [4.78, 5) is 50.6. The first kappa shape index (κ1) is 27.8. The van der Waals surface area contributed by atoms with Crippen molar-refractivity contribution < 1.29 is 23.5 Å². The van der Waals surface area contributed by atoms with Gasteiger partial charge in [0.05, 0.1) is 6.04 Å². The van der Waals surface area contributed by atoms with Gasteiger partial charge in [-0.3, -0.25) is 9.59 Å². The first-order valence-corrected chi connectivity index (χ1v) is 12.0. The van der Waals surface area contributed by atoms with E-state index in [1.807, 2.05) is 65.0 Å². The molecule has 2 unspecified atom stereocenters. The minimum atomic E-state index is -0.965. The van der Waals surface area contributed by atoms with Crippen LogP contribution in [0.1, 0.15) is 70.1 Å². The molecule has 0 saturated carbocycles. The number of nitrogens with one attached hydrogen (secondary N) is 2. The number of aryl methyl sites for hydroxylation is 1. The molecule has 192 valence electrons. The number of ketones is 1. The number of Topliss-reactive ketones (excluding diaryl/α,β-unsaturated/α-hetero) is 1. The Morgan fingerprint density at radius 3 is 2.23 bits per heavy atom. The van der Waals surface area contributed by atoms with Gasteiger partial charge in [-0.15, -0.1) is 5.10 Å². The number of alkyl carbamates (subject to hydrolysis) is 1. The second kappa shape index (κ2) is 13.5. The molecule has 0 aliphatic rings. The van der Waals surface area contributed by atoms with Crippen LogP contribution in [0.3, 0.4) is 0 Å². The van der Waals surface area contributed by atoms with Gasteiger partial charge < -0.3 is 19.8 Å². The van der Waals surface area contributed by atoms with Crippen molar-refractivity contribution in [1.82, 2.24) is 20.4 Å². The van der Waals surface area contributed by atoms with E-state index in [0.29, 0.717) is 25.8 Å². The molecular formula is C25H36N4O6. The van der Waals surface area contributed by atoms with E-state index in [4.69, 9.17) is 9.15 Å². The number of hydrogen-bond donors (Lipinski definition) is 2. The molecule has 2 aromatic rings. The van der Waals surface area contributed by atoms with E-state index in [-0.39, 0.29) is 24.3 Å². The summed E-state index contributed by atoms with van der Waals surface area (Å²) in [7, 11) is 0. The number of amides is 2. The van der Waals surface area contributed by atoms with Crippen LogP contribution in [0.4, 0.5) is 4.79 Å². The number of nitrogens with zero attached hydrogens (tertiary/aromatic N) is 2. The Hall–Kier alpha value is -3.43. The zero-order valence-corrected chi connectivity index (χ0v) is 21.1. The summed E-state index contributed by atoms with van der Waals surface area (Å²) in [6, 6.07) is 7.32. The van der Waals surface area contributed by atoms with Gasteiger partial charge in [-0.1, -0.05) is 65.0 Å². The molecule has 1 aromatic heterocycles. The Morgan fingerprint density at radius 2 is 1.63 bits per heavy atom. The van der Waals surface area contributed by atoms with Crippen molar-refractivity contribution in [2.75, 3.05) is 0 Å². The van der Waals surface area contributed by atoms with Gasteiger partial charge >= 0.3 is 11.8 Å². The zero-order valence-electron chi connectivity index (χ0n) is 21.1. The van der Waals surface area contributed by atoms with Crippen molar-refractivity contribution in [1.29, 1.82) is 0 Å². The average molecular weight is 489 g/mol. The standard InChI is InChI=1S/C25H36N4O6/c1-6-12-29-25(33)35-23(28-29)21(30)19(13-16(2)3)26-22(31)20(14-17(4)5)27-24(32)34-15-18-10-8-7-9-11-18/h7-11,16-17,19-20H,6,12-15H2,1-5H3,(H,26,31)(H,27,32). The van der Waals surface area contributed by atoms with E-state index < -0.39 is 35.6 Å². The lowest BCUT2D eigenvalue weighted by atomic mass is 9.98. The first-order chi connectivity index (χ1) is 16.6. The van der Waals surface area contributed by atoms with E-state index in [9.17, 15) is 19.2 Å². The van der Waals surface area contributed by atoms with E-state index >= 15 is 0 Å². The van der Waals surface area contributed by atoms with Crippen molar-refractivity contribution in [2.24, 2.45) is 11.8 Å². The molecule has 2 N–H and O–H groups in total. The molecule has 0 fully saturated rings. The molecule has 1 aromatic carbocycles. The minimum absolute atomic E-state index is 0.0565. The van der Waals surface area contributed by atoms with E-state index in [1.54, 1.807) is 0 Å². The van der Waals surface area contributed by atoms with E-state index in [2.05, 4.69) is 15.7 Å². The van der Waals surface area contributed by atoms with Gasteiger partial charge in [-0.05, 0) is 36.7 Å². The number of carbonyl (C=O) groups excluding carboxylic acids is 3. The maximum atomic E-state index is 13.1. The van der Waals surface area contributed by atoms with Crippen molar-refractivity contribution in [3.63, 3.8) is 0 Å². The third-order valence-corrected chi connectivity index (χ3v) is 5.12. The van der Waals surface area contributed by atoms with Gasteiger partial charge in [0.1, 0.15) is 12.6 Å². The highest BCUT2D eigenvalue weighted by molar-refractivity contribution is 5.99. The maximum absolute atomic E-state index is 13.1. The molecule has 2 amide bonds. The van der Waals surface area contributed by atoms with Crippen LogP contribution in [0.2, 0.25) is 0 Å². The van der Waals surface area contributed by atoms with Crippen molar-refractivity contribution >= 4 is 17.8 Å². The van der Waals surface area contributed by atoms with Crippen LogP contribution >= 0.6 is 0 Å². The van der Waals surface area contributed by atoms with Crippen LogP contribution in [-0.2, 0) is 22.7 Å². The predicted octanol–water partition coefficient (Wildman–Crippen LogP) is 3.30. The highest BCUT2D eigenvalue weighted by atomic mass is 16.5. The van der Waals surface area contributed by atoms with Gasteiger partial charge in [-0.25, -0.2) is 9.59 Å². The molecule has 0 spiro atoms. The number of benzene rings is 1. The van der Waals surface area contributed by atoms with Crippen LogP contribution in [0.5, 0.6) is 0 Å². The third kappa shape index (κ3) is 9.03. The van der Waals surface area contributed by atoms with E-state index in [1.165, 1.54) is 0 Å². The molecule has 0 aliphatic carbocycles. The van der Waals surface area contributed by atoms with Crippen LogP contribution in [0.25, 0.3) is 0 Å². The summed E-state index contributed by atoms with van der Waals surface area (Å²) < 4.78 is 11.4. The molecule has 35 heavy (non-hydrogen) atoms. The molecule has 10 heteroatoms. The topological polar surface area (TPSA) is 133 Å². The lowest BCUT2D eigenvalue weighted by Crippen LogP contribution is -2.52. The molecular weight excluding hydrogens is 452 g/mol. The summed E-state index contributed by atoms with van der Waals surface area (Å²) in [5.41, 5.74) is 0.819. The largest absolute Gasteiger partial charge is 0.445 e. The van der Waals surface area contributed by atoms with Crippen LogP contribution < -0.4 is 16.4 Å². The fraction of sp³-hybridized carbons (Fsp3) is 0.560. The second-order valence-electron chi connectivity index (χ2n) is 9.34. The van der Waals surface area contributed by atoms with Crippen molar-refractivity contribution in [3.05, 3.63) is 52.3 Å². The van der Waals surface area contributed by atoms with Crippen molar-refractivity contribution in [2.45, 2.75) is 79.1 Å². The summed E-state index contributed by atoms with van der Waals surface area (Å²) in [6.07, 6.45) is 0.567. The van der Waals surface area contributed by atoms with Gasteiger partial charge in [-0.2, -0.15) is 4.68 Å². The predicted molar refractivity (Wildman–Crippen MR) is 130 cm³/mol. The molecule has 0 radical (unpaired) electrons. The van der Waals surface area contributed by atoms with Crippen molar-refractivity contribution in [3.8, 4) is 0 Å². The quantitative estimate of drug-likeness (QED) is 0.413. The van der Waals surface area contributed by atoms with Crippen LogP contribution in [0.15, 0.2) is 39.5 Å². The molecule has 0 aliphatic heterocycles. The van der Waals surface area contributed by atoms with Gasteiger partial charge in [0.2, 0.25) is 11.7 Å². The lowest BCUT2D eigenvalue weighted by molar-refractivity contribution is -0.124. The lowest BCUT2D eigenvalue weighted by Gasteiger charge is -2.24. The monoisotopic (exact) mass is 488 g/mol. The number of ether oxygens (including phenoxy) is 1. The Kier molecular flexibility index (Phi) is 10.7. The first-order valence-electron chi connectivity index (χ1n) is 12.0. The summed E-state index contributed by atoms with van der Waals surface area (Å²) >= 11 is 0. The highest BCUT2D eigenvalue weighted by Crippen LogP contribution is 2.12. The Labute approximate surface area is 205 Å². The summed E-state index contributed by atoms with van der Waals surface area (Å²) in [5, 5.41) is 9.31. The van der Waals surface area contributed by atoms with Gasteiger partial charge in [0.25, 0.3) is 5.89 Å². The van der Waals surface area contributed by atoms with E-state index in [0.717, 1.165) is 10.2 Å². The van der Waals surface area contributed by atoms with Crippen LogP contribution in [-0.4, -0.2) is 39.6 Å². The Bertz CT molecular complexity index is 1030. The highest BCUT2D eigenvalue weighted by Gasteiger charge is 2.31. The second-order valence-corrected chi connectivity index (χ2v) is 9.34. The SMILES string of the molecule is CCCn1nc(C(=O)C(CC(C)C)NC(=O)C(CC(C)C)NC(=O)OCc2ccccc2)oc1=O.